The van der Waals surface area contributed by atoms with E-state index in [1.54, 1.807) is 36.4 Å². The zero-order valence-electron chi connectivity index (χ0n) is 11.6. The van der Waals surface area contributed by atoms with Gasteiger partial charge in [0.2, 0.25) is 5.91 Å². The van der Waals surface area contributed by atoms with Gasteiger partial charge in [-0.05, 0) is 36.8 Å². The molecule has 5 heteroatoms. The summed E-state index contributed by atoms with van der Waals surface area (Å²) in [5, 5.41) is 6.31. The lowest BCUT2D eigenvalue weighted by Gasteiger charge is -2.14. The third kappa shape index (κ3) is 4.55. The van der Waals surface area contributed by atoms with Gasteiger partial charge in [-0.2, -0.15) is 0 Å². The quantitative estimate of drug-likeness (QED) is 0.883. The summed E-state index contributed by atoms with van der Waals surface area (Å²) in [6, 6.07) is 13.2. The first-order valence-corrected chi connectivity index (χ1v) is 6.97. The van der Waals surface area contributed by atoms with Gasteiger partial charge in [-0.3, -0.25) is 4.79 Å². The number of para-hydroxylation sites is 1. The van der Waals surface area contributed by atoms with Crippen LogP contribution >= 0.6 is 11.6 Å². The molecule has 0 aliphatic rings. The second kappa shape index (κ2) is 7.20. The van der Waals surface area contributed by atoms with E-state index >= 15 is 0 Å². The lowest BCUT2D eigenvalue weighted by atomic mass is 10.1. The van der Waals surface area contributed by atoms with Gasteiger partial charge in [0.05, 0.1) is 17.3 Å². The van der Waals surface area contributed by atoms with Gasteiger partial charge in [-0.15, -0.1) is 0 Å². The van der Waals surface area contributed by atoms with Crippen molar-refractivity contribution in [1.29, 1.82) is 0 Å². The average molecular weight is 307 g/mol. The zero-order valence-corrected chi connectivity index (χ0v) is 12.3. The van der Waals surface area contributed by atoms with Crippen LogP contribution in [0, 0.1) is 5.82 Å². The van der Waals surface area contributed by atoms with Gasteiger partial charge in [0.1, 0.15) is 5.82 Å². The summed E-state index contributed by atoms with van der Waals surface area (Å²) in [6.07, 6.45) is 0. The first-order chi connectivity index (χ1) is 10.1. The summed E-state index contributed by atoms with van der Waals surface area (Å²) < 4.78 is 12.8. The van der Waals surface area contributed by atoms with Crippen LogP contribution in [0.4, 0.5) is 10.1 Å². The normalized spacial score (nSPS) is 12.0. The molecule has 1 atom stereocenters. The number of carbonyl (C=O) groups excluding carboxylic acids is 1. The van der Waals surface area contributed by atoms with Crippen molar-refractivity contribution in [2.75, 3.05) is 11.9 Å². The molecule has 1 amide bonds. The molecule has 0 radical (unpaired) electrons. The summed E-state index contributed by atoms with van der Waals surface area (Å²) in [5.74, 6) is -0.459. The van der Waals surface area contributed by atoms with Gasteiger partial charge in [0, 0.05) is 6.04 Å². The summed E-state index contributed by atoms with van der Waals surface area (Å²) in [6.45, 7) is 2.06. The first-order valence-electron chi connectivity index (χ1n) is 6.59. The van der Waals surface area contributed by atoms with Gasteiger partial charge >= 0.3 is 0 Å². The molecule has 0 spiro atoms. The predicted molar refractivity (Wildman–Crippen MR) is 82.9 cm³/mol. The highest BCUT2D eigenvalue weighted by Gasteiger charge is 2.09. The van der Waals surface area contributed by atoms with Crippen LogP contribution in [0.25, 0.3) is 0 Å². The minimum absolute atomic E-state index is 0.0532. The van der Waals surface area contributed by atoms with Crippen LogP contribution in [0.5, 0.6) is 0 Å². The number of nitrogens with one attached hydrogen (secondary N) is 2. The SMILES string of the molecule is CC(NCC(=O)Nc1ccccc1Cl)c1ccc(F)cc1. The highest BCUT2D eigenvalue weighted by Crippen LogP contribution is 2.20. The Bertz CT molecular complexity index is 616. The monoisotopic (exact) mass is 306 g/mol. The van der Waals surface area contributed by atoms with Crippen LogP contribution in [0.3, 0.4) is 0 Å². The van der Waals surface area contributed by atoms with Crippen molar-refractivity contribution in [3.8, 4) is 0 Å². The summed E-state index contributed by atoms with van der Waals surface area (Å²) in [7, 11) is 0. The van der Waals surface area contributed by atoms with E-state index < -0.39 is 0 Å². The van der Waals surface area contributed by atoms with E-state index in [-0.39, 0.29) is 24.3 Å². The molecule has 110 valence electrons. The van der Waals surface area contributed by atoms with Gasteiger partial charge in [0.25, 0.3) is 0 Å². The molecular weight excluding hydrogens is 291 g/mol. The second-order valence-corrected chi connectivity index (χ2v) is 5.09. The molecule has 21 heavy (non-hydrogen) atoms. The molecule has 0 bridgehead atoms. The standard InChI is InChI=1S/C16H16ClFN2O/c1-11(12-6-8-13(18)9-7-12)19-10-16(21)20-15-5-3-2-4-14(15)17/h2-9,11,19H,10H2,1H3,(H,20,21). The Morgan fingerprint density at radius 2 is 1.86 bits per heavy atom. The van der Waals surface area contributed by atoms with Gasteiger partial charge < -0.3 is 10.6 Å². The first kappa shape index (κ1) is 15.5. The predicted octanol–water partition coefficient (Wildman–Crippen LogP) is 3.77. The molecule has 0 fully saturated rings. The Morgan fingerprint density at radius 1 is 1.19 bits per heavy atom. The molecule has 2 aromatic carbocycles. The Labute approximate surface area is 128 Å². The van der Waals surface area contributed by atoms with Crippen LogP contribution in [-0.4, -0.2) is 12.5 Å². The van der Waals surface area contributed by atoms with Gasteiger partial charge in [-0.25, -0.2) is 4.39 Å². The zero-order chi connectivity index (χ0) is 15.2. The number of amides is 1. The van der Waals surface area contributed by atoms with Crippen molar-refractivity contribution in [2.45, 2.75) is 13.0 Å². The average Bonchev–Trinajstić information content (AvgIpc) is 2.48. The van der Waals surface area contributed by atoms with E-state index in [1.807, 2.05) is 6.92 Å². The number of carbonyl (C=O) groups is 1. The molecule has 0 aliphatic heterocycles. The summed E-state index contributed by atoms with van der Waals surface area (Å²) in [4.78, 5) is 11.9. The Hall–Kier alpha value is -1.91. The molecule has 3 nitrogen and oxygen atoms in total. The molecule has 2 aromatic rings. The molecule has 2 rings (SSSR count). The fourth-order valence-electron chi connectivity index (χ4n) is 1.87. The molecule has 1 unspecified atom stereocenters. The summed E-state index contributed by atoms with van der Waals surface area (Å²) in [5.41, 5.74) is 1.50. The van der Waals surface area contributed by atoms with E-state index in [4.69, 9.17) is 11.6 Å². The van der Waals surface area contributed by atoms with Crippen LogP contribution in [0.2, 0.25) is 5.02 Å². The molecule has 0 heterocycles. The Kier molecular flexibility index (Phi) is 5.31. The van der Waals surface area contributed by atoms with Gasteiger partial charge in [0.15, 0.2) is 0 Å². The minimum Gasteiger partial charge on any atom is -0.324 e. The van der Waals surface area contributed by atoms with Crippen molar-refractivity contribution >= 4 is 23.2 Å². The Morgan fingerprint density at radius 3 is 2.52 bits per heavy atom. The molecular formula is C16H16ClFN2O. The van der Waals surface area contributed by atoms with Crippen molar-refractivity contribution in [3.05, 3.63) is 64.9 Å². The maximum absolute atomic E-state index is 12.8. The van der Waals surface area contributed by atoms with E-state index in [9.17, 15) is 9.18 Å². The lowest BCUT2D eigenvalue weighted by molar-refractivity contribution is -0.115. The van der Waals surface area contributed by atoms with Crippen LogP contribution in [0.1, 0.15) is 18.5 Å². The fraction of sp³-hybridized carbons (Fsp3) is 0.188. The number of hydrogen-bond acceptors (Lipinski definition) is 2. The topological polar surface area (TPSA) is 41.1 Å². The van der Waals surface area contributed by atoms with E-state index in [1.165, 1.54) is 12.1 Å². The van der Waals surface area contributed by atoms with Crippen molar-refractivity contribution in [3.63, 3.8) is 0 Å². The van der Waals surface area contributed by atoms with E-state index in [2.05, 4.69) is 10.6 Å². The van der Waals surface area contributed by atoms with Crippen LogP contribution in [0.15, 0.2) is 48.5 Å². The second-order valence-electron chi connectivity index (χ2n) is 4.68. The lowest BCUT2D eigenvalue weighted by Crippen LogP contribution is -2.30. The number of hydrogen-bond donors (Lipinski definition) is 2. The highest BCUT2D eigenvalue weighted by molar-refractivity contribution is 6.33. The smallest absolute Gasteiger partial charge is 0.238 e. The number of rotatable bonds is 5. The summed E-state index contributed by atoms with van der Waals surface area (Å²) >= 11 is 5.97. The number of benzene rings is 2. The van der Waals surface area contributed by atoms with Crippen molar-refractivity contribution in [1.82, 2.24) is 5.32 Å². The minimum atomic E-state index is -0.276. The Balaban J connectivity index is 1.86. The third-order valence-corrected chi connectivity index (χ3v) is 3.42. The number of halogens is 2. The maximum atomic E-state index is 12.8. The highest BCUT2D eigenvalue weighted by atomic mass is 35.5. The maximum Gasteiger partial charge on any atom is 0.238 e. The van der Waals surface area contributed by atoms with Crippen molar-refractivity contribution < 1.29 is 9.18 Å². The third-order valence-electron chi connectivity index (χ3n) is 3.09. The van der Waals surface area contributed by atoms with Gasteiger partial charge in [-0.1, -0.05) is 35.9 Å². The van der Waals surface area contributed by atoms with Crippen LogP contribution in [-0.2, 0) is 4.79 Å². The largest absolute Gasteiger partial charge is 0.324 e. The van der Waals surface area contributed by atoms with E-state index in [0.717, 1.165) is 5.56 Å². The molecule has 0 saturated heterocycles. The number of anilines is 1. The van der Waals surface area contributed by atoms with Crippen molar-refractivity contribution in [2.24, 2.45) is 0 Å². The molecule has 0 aliphatic carbocycles. The molecule has 0 saturated carbocycles. The molecule has 2 N–H and O–H groups in total. The van der Waals surface area contributed by atoms with Crippen LogP contribution < -0.4 is 10.6 Å². The fourth-order valence-corrected chi connectivity index (χ4v) is 2.06. The molecule has 0 aromatic heterocycles. The van der Waals surface area contributed by atoms with E-state index in [0.29, 0.717) is 10.7 Å².